The summed E-state index contributed by atoms with van der Waals surface area (Å²) in [6.45, 7) is 0. The minimum atomic E-state index is -3.13. The highest BCUT2D eigenvalue weighted by atomic mass is 79.9. The first-order valence-electron chi connectivity index (χ1n) is 8.13. The molecule has 0 bridgehead atoms. The molecule has 2 heterocycles. The Morgan fingerprint density at radius 2 is 1.93 bits per heavy atom. The van der Waals surface area contributed by atoms with E-state index in [-0.39, 0.29) is 28.7 Å². The largest absolute Gasteiger partial charge is 0.314 e. The monoisotopic (exact) mass is 484 g/mol. The molecule has 2 aromatic rings. The summed E-state index contributed by atoms with van der Waals surface area (Å²) in [6, 6.07) is 13.9. The second-order valence-electron chi connectivity index (χ2n) is 6.33. The highest BCUT2D eigenvalue weighted by Crippen LogP contribution is 2.43. The van der Waals surface area contributed by atoms with Crippen molar-refractivity contribution in [3.05, 3.63) is 63.6 Å². The minimum absolute atomic E-state index is 0.0234. The standard InChI is InChI=1S/C18H14BrClN2O3S2/c19-12-6-7-14(13(20)8-12)22-15-9-27(24,25)10-16(15)26-18(22)21-17(23)11-4-2-1-3-5-11/h1-8,15-16H,9-10H2/t15-,16-/m1/s1. The Kier molecular flexibility index (Phi) is 5.09. The fraction of sp³-hybridized carbons (Fsp3) is 0.222. The number of hydrogen-bond donors (Lipinski definition) is 0. The molecule has 0 unspecified atom stereocenters. The molecule has 9 heteroatoms. The van der Waals surface area contributed by atoms with Crippen LogP contribution >= 0.6 is 39.3 Å². The van der Waals surface area contributed by atoms with E-state index in [1.54, 1.807) is 35.2 Å². The van der Waals surface area contributed by atoms with Crippen molar-refractivity contribution in [3.63, 3.8) is 0 Å². The summed E-state index contributed by atoms with van der Waals surface area (Å²) < 4.78 is 25.1. The SMILES string of the molecule is O=C(N=C1S[C@@H]2CS(=O)(=O)C[C@H]2N1c1ccc(Br)cc1Cl)c1ccccc1. The van der Waals surface area contributed by atoms with Gasteiger partial charge in [0.2, 0.25) is 0 Å². The Labute approximate surface area is 174 Å². The van der Waals surface area contributed by atoms with Gasteiger partial charge in [0.05, 0.1) is 28.3 Å². The topological polar surface area (TPSA) is 66.8 Å². The first-order chi connectivity index (χ1) is 12.8. The molecule has 2 aliphatic rings. The fourth-order valence-electron chi connectivity index (χ4n) is 3.25. The van der Waals surface area contributed by atoms with Crippen molar-refractivity contribution in [3.8, 4) is 0 Å². The maximum Gasteiger partial charge on any atom is 0.279 e. The summed E-state index contributed by atoms with van der Waals surface area (Å²) in [4.78, 5) is 18.7. The normalized spacial score (nSPS) is 25.0. The molecule has 140 valence electrons. The molecule has 2 aliphatic heterocycles. The number of fused-ring (bicyclic) bond motifs is 1. The van der Waals surface area contributed by atoms with Gasteiger partial charge in [-0.15, -0.1) is 0 Å². The summed E-state index contributed by atoms with van der Waals surface area (Å²) >= 11 is 11.1. The van der Waals surface area contributed by atoms with Crippen LogP contribution in [-0.2, 0) is 9.84 Å². The third-order valence-electron chi connectivity index (χ3n) is 4.45. The molecule has 27 heavy (non-hydrogen) atoms. The zero-order valence-corrected chi connectivity index (χ0v) is 17.9. The highest BCUT2D eigenvalue weighted by molar-refractivity contribution is 9.10. The van der Waals surface area contributed by atoms with Crippen LogP contribution in [0, 0.1) is 0 Å². The van der Waals surface area contributed by atoms with Gasteiger partial charge in [0, 0.05) is 15.3 Å². The van der Waals surface area contributed by atoms with E-state index in [1.807, 2.05) is 18.2 Å². The molecule has 0 N–H and O–H groups in total. The Morgan fingerprint density at radius 3 is 2.63 bits per heavy atom. The number of thioether (sulfide) groups is 1. The van der Waals surface area contributed by atoms with Gasteiger partial charge in [0.25, 0.3) is 5.91 Å². The molecule has 5 nitrogen and oxygen atoms in total. The van der Waals surface area contributed by atoms with Crippen molar-refractivity contribution in [2.45, 2.75) is 11.3 Å². The van der Waals surface area contributed by atoms with Crippen LogP contribution < -0.4 is 4.90 Å². The second-order valence-corrected chi connectivity index (χ2v) is 11.0. The van der Waals surface area contributed by atoms with Gasteiger partial charge in [0.1, 0.15) is 0 Å². The van der Waals surface area contributed by atoms with Crippen LogP contribution in [0.1, 0.15) is 10.4 Å². The maximum absolute atomic E-state index is 12.6. The van der Waals surface area contributed by atoms with Gasteiger partial charge in [-0.2, -0.15) is 4.99 Å². The lowest BCUT2D eigenvalue weighted by Gasteiger charge is -2.25. The van der Waals surface area contributed by atoms with E-state index in [0.717, 1.165) is 4.47 Å². The van der Waals surface area contributed by atoms with Crippen LogP contribution in [0.4, 0.5) is 5.69 Å². The first-order valence-corrected chi connectivity index (χ1v) is 12.0. The predicted molar refractivity (Wildman–Crippen MR) is 114 cm³/mol. The number of rotatable bonds is 2. The van der Waals surface area contributed by atoms with Crippen molar-refractivity contribution >= 4 is 65.9 Å². The molecule has 4 rings (SSSR count). The summed E-state index contributed by atoms with van der Waals surface area (Å²) in [5.74, 6) is -0.264. The summed E-state index contributed by atoms with van der Waals surface area (Å²) in [5, 5.41) is 0.782. The summed E-state index contributed by atoms with van der Waals surface area (Å²) in [5.41, 5.74) is 1.13. The van der Waals surface area contributed by atoms with Gasteiger partial charge >= 0.3 is 0 Å². The van der Waals surface area contributed by atoms with Crippen molar-refractivity contribution in [1.29, 1.82) is 0 Å². The molecular formula is C18H14BrClN2O3S2. The predicted octanol–water partition coefficient (Wildman–Crippen LogP) is 4.02. The lowest BCUT2D eigenvalue weighted by atomic mass is 10.2. The Hall–Kier alpha value is -1.35. The zero-order chi connectivity index (χ0) is 19.2. The van der Waals surface area contributed by atoms with E-state index in [4.69, 9.17) is 11.6 Å². The average molecular weight is 486 g/mol. The quantitative estimate of drug-likeness (QED) is 0.643. The number of anilines is 1. The first kappa shape index (κ1) is 19.0. The lowest BCUT2D eigenvalue weighted by Crippen LogP contribution is -2.37. The molecule has 2 atom stereocenters. The number of carbonyl (C=O) groups is 1. The molecule has 0 spiro atoms. The average Bonchev–Trinajstić information content (AvgIpc) is 3.07. The van der Waals surface area contributed by atoms with Crippen molar-refractivity contribution in [2.75, 3.05) is 16.4 Å². The molecular weight excluding hydrogens is 472 g/mol. The second kappa shape index (κ2) is 7.24. The van der Waals surface area contributed by atoms with Gasteiger partial charge in [0.15, 0.2) is 15.0 Å². The van der Waals surface area contributed by atoms with E-state index in [2.05, 4.69) is 20.9 Å². The maximum atomic E-state index is 12.6. The van der Waals surface area contributed by atoms with Crippen molar-refractivity contribution in [1.82, 2.24) is 0 Å². The number of amides is 1. The number of hydrogen-bond acceptors (Lipinski definition) is 4. The van der Waals surface area contributed by atoms with Crippen LogP contribution in [0.25, 0.3) is 0 Å². The number of carbonyl (C=O) groups excluding carboxylic acids is 1. The van der Waals surface area contributed by atoms with E-state index >= 15 is 0 Å². The van der Waals surface area contributed by atoms with E-state index in [9.17, 15) is 13.2 Å². The van der Waals surface area contributed by atoms with Crippen molar-refractivity contribution in [2.24, 2.45) is 4.99 Å². The minimum Gasteiger partial charge on any atom is -0.314 e. The van der Waals surface area contributed by atoms with Crippen molar-refractivity contribution < 1.29 is 13.2 Å². The Morgan fingerprint density at radius 1 is 1.19 bits per heavy atom. The van der Waals surface area contributed by atoms with E-state index in [0.29, 0.717) is 21.4 Å². The number of nitrogens with zero attached hydrogens (tertiary/aromatic N) is 2. The Balaban J connectivity index is 1.76. The third-order valence-corrected chi connectivity index (χ3v) is 8.46. The Bertz CT molecular complexity index is 1040. The van der Waals surface area contributed by atoms with E-state index in [1.165, 1.54) is 11.8 Å². The molecule has 0 aromatic heterocycles. The smallest absolute Gasteiger partial charge is 0.279 e. The molecule has 0 aliphatic carbocycles. The molecule has 2 fully saturated rings. The van der Waals surface area contributed by atoms with Gasteiger partial charge in [-0.25, -0.2) is 8.42 Å². The lowest BCUT2D eigenvalue weighted by molar-refractivity contribution is 0.100. The van der Waals surface area contributed by atoms with Crippen LogP contribution in [0.3, 0.4) is 0 Å². The molecule has 0 saturated carbocycles. The number of aliphatic imine (C=N–C) groups is 1. The molecule has 2 aromatic carbocycles. The van der Waals surface area contributed by atoms with Crippen LogP contribution in [0.5, 0.6) is 0 Å². The summed E-state index contributed by atoms with van der Waals surface area (Å²) in [7, 11) is -3.13. The molecule has 2 saturated heterocycles. The van der Waals surface area contributed by atoms with Gasteiger partial charge < -0.3 is 4.90 Å². The van der Waals surface area contributed by atoms with Gasteiger partial charge in [-0.3, -0.25) is 4.79 Å². The number of benzene rings is 2. The summed E-state index contributed by atoms with van der Waals surface area (Å²) in [6.07, 6.45) is 0. The van der Waals surface area contributed by atoms with Gasteiger partial charge in [-0.1, -0.05) is 57.5 Å². The molecule has 0 radical (unpaired) electrons. The number of sulfone groups is 1. The molecule has 1 amide bonds. The van der Waals surface area contributed by atoms with Gasteiger partial charge in [-0.05, 0) is 30.3 Å². The third kappa shape index (κ3) is 3.81. The number of amidine groups is 1. The van der Waals surface area contributed by atoms with E-state index < -0.39 is 9.84 Å². The zero-order valence-electron chi connectivity index (χ0n) is 13.9. The number of halogens is 2. The fourth-order valence-corrected chi connectivity index (χ4v) is 7.92. The highest BCUT2D eigenvalue weighted by Gasteiger charge is 2.49. The van der Waals surface area contributed by atoms with Crippen LogP contribution in [0.15, 0.2) is 58.0 Å². The van der Waals surface area contributed by atoms with Crippen LogP contribution in [0.2, 0.25) is 5.02 Å². The van der Waals surface area contributed by atoms with Crippen LogP contribution in [-0.4, -0.2) is 42.3 Å².